The number of sulfonamides is 1. The Balaban J connectivity index is 2.21. The van der Waals surface area contributed by atoms with E-state index < -0.39 is 10.0 Å². The topological polar surface area (TPSA) is 75.7 Å². The summed E-state index contributed by atoms with van der Waals surface area (Å²) in [4.78, 5) is 11.6. The number of ether oxygens (including phenoxy) is 1. The second kappa shape index (κ2) is 5.80. The number of amides is 1. The van der Waals surface area contributed by atoms with E-state index in [1.54, 1.807) is 24.3 Å². The Morgan fingerprint density at radius 1 is 1.35 bits per heavy atom. The molecule has 0 spiro atoms. The molecule has 0 aliphatic carbocycles. The number of carbonyl (C=O) groups excluding carboxylic acids is 1. The molecule has 1 amide bonds. The van der Waals surface area contributed by atoms with Gasteiger partial charge in [0.05, 0.1) is 29.8 Å². The minimum atomic E-state index is -3.58. The number of para-hydroxylation sites is 2. The lowest BCUT2D eigenvalue weighted by atomic mass is 10.2. The van der Waals surface area contributed by atoms with Gasteiger partial charge in [-0.25, -0.2) is 8.42 Å². The van der Waals surface area contributed by atoms with E-state index in [2.05, 4.69) is 5.32 Å². The highest BCUT2D eigenvalue weighted by molar-refractivity contribution is 7.92. The molecule has 2 rings (SSSR count). The van der Waals surface area contributed by atoms with Crippen LogP contribution in [0.1, 0.15) is 13.8 Å². The van der Waals surface area contributed by atoms with Crippen LogP contribution < -0.4 is 9.62 Å². The van der Waals surface area contributed by atoms with Crippen molar-refractivity contribution in [3.05, 3.63) is 24.3 Å². The Labute approximate surface area is 118 Å². The largest absolute Gasteiger partial charge is 0.378 e. The van der Waals surface area contributed by atoms with E-state index in [1.807, 2.05) is 13.8 Å². The standard InChI is InChI=1S/C13H18N2O4S/c1-10(2)19-7-8-20(17,18)15-9-13(16)14-11-5-3-4-6-12(11)15/h3-6,10H,7-9H2,1-2H3,(H,14,16). The molecule has 7 heteroatoms. The maximum Gasteiger partial charge on any atom is 0.245 e. The molecule has 1 heterocycles. The molecule has 0 saturated carbocycles. The van der Waals surface area contributed by atoms with Crippen molar-refractivity contribution >= 4 is 27.3 Å². The fourth-order valence-corrected chi connectivity index (χ4v) is 3.25. The van der Waals surface area contributed by atoms with Gasteiger partial charge < -0.3 is 10.1 Å². The van der Waals surface area contributed by atoms with Crippen molar-refractivity contribution in [1.82, 2.24) is 0 Å². The van der Waals surface area contributed by atoms with Crippen LogP contribution in [0.5, 0.6) is 0 Å². The fraction of sp³-hybridized carbons (Fsp3) is 0.462. The second-order valence-corrected chi connectivity index (χ2v) is 6.82. The number of rotatable bonds is 5. The Morgan fingerprint density at radius 3 is 2.75 bits per heavy atom. The van der Waals surface area contributed by atoms with Crippen LogP contribution in [0.3, 0.4) is 0 Å². The fourth-order valence-electron chi connectivity index (χ4n) is 1.95. The van der Waals surface area contributed by atoms with Gasteiger partial charge in [-0.15, -0.1) is 0 Å². The van der Waals surface area contributed by atoms with E-state index >= 15 is 0 Å². The van der Waals surface area contributed by atoms with Crippen LogP contribution in [0.25, 0.3) is 0 Å². The zero-order valence-electron chi connectivity index (χ0n) is 11.5. The van der Waals surface area contributed by atoms with Crippen LogP contribution in [-0.2, 0) is 19.6 Å². The summed E-state index contributed by atoms with van der Waals surface area (Å²) in [5.74, 6) is -0.482. The Hall–Kier alpha value is -1.60. The van der Waals surface area contributed by atoms with Crippen molar-refractivity contribution in [2.75, 3.05) is 28.5 Å². The highest BCUT2D eigenvalue weighted by Crippen LogP contribution is 2.30. The third-order valence-electron chi connectivity index (χ3n) is 2.86. The minimum Gasteiger partial charge on any atom is -0.378 e. The van der Waals surface area contributed by atoms with Gasteiger partial charge in [-0.05, 0) is 26.0 Å². The molecule has 1 aromatic carbocycles. The summed E-state index contributed by atoms with van der Waals surface area (Å²) in [5.41, 5.74) is 1.01. The number of benzene rings is 1. The van der Waals surface area contributed by atoms with Crippen molar-refractivity contribution in [3.63, 3.8) is 0 Å². The molecule has 6 nitrogen and oxygen atoms in total. The van der Waals surface area contributed by atoms with Crippen molar-refractivity contribution < 1.29 is 17.9 Å². The normalized spacial score (nSPS) is 15.2. The highest BCUT2D eigenvalue weighted by atomic mass is 32.2. The van der Waals surface area contributed by atoms with Crippen LogP contribution in [0.4, 0.5) is 11.4 Å². The van der Waals surface area contributed by atoms with Crippen LogP contribution in [0, 0.1) is 0 Å². The summed E-state index contributed by atoms with van der Waals surface area (Å²) in [6, 6.07) is 6.84. The molecule has 0 bridgehead atoms. The summed E-state index contributed by atoms with van der Waals surface area (Å²) < 4.78 is 31.1. The molecule has 1 aromatic rings. The summed E-state index contributed by atoms with van der Waals surface area (Å²) in [6.45, 7) is 3.60. The van der Waals surface area contributed by atoms with E-state index in [0.29, 0.717) is 11.4 Å². The Kier molecular flexibility index (Phi) is 4.29. The molecule has 20 heavy (non-hydrogen) atoms. The number of carbonyl (C=O) groups is 1. The van der Waals surface area contributed by atoms with Crippen molar-refractivity contribution in [2.24, 2.45) is 0 Å². The minimum absolute atomic E-state index is 0.0258. The van der Waals surface area contributed by atoms with Gasteiger partial charge in [0.25, 0.3) is 0 Å². The first-order valence-electron chi connectivity index (χ1n) is 6.41. The predicted octanol–water partition coefficient (Wildman–Crippen LogP) is 1.20. The van der Waals surface area contributed by atoms with Gasteiger partial charge in [-0.1, -0.05) is 12.1 Å². The van der Waals surface area contributed by atoms with Gasteiger partial charge in [-0.2, -0.15) is 0 Å². The first-order valence-corrected chi connectivity index (χ1v) is 8.02. The highest BCUT2D eigenvalue weighted by Gasteiger charge is 2.30. The lowest BCUT2D eigenvalue weighted by Gasteiger charge is -2.30. The first kappa shape index (κ1) is 14.8. The summed E-state index contributed by atoms with van der Waals surface area (Å²) in [5, 5.41) is 2.66. The Bertz CT molecular complexity index is 598. The molecule has 1 aliphatic rings. The summed E-state index contributed by atoms with van der Waals surface area (Å²) in [7, 11) is -3.58. The predicted molar refractivity (Wildman–Crippen MR) is 77.3 cm³/mol. The van der Waals surface area contributed by atoms with Crippen LogP contribution in [-0.4, -0.2) is 39.3 Å². The maximum atomic E-state index is 12.3. The second-order valence-electron chi connectivity index (χ2n) is 4.81. The zero-order chi connectivity index (χ0) is 14.8. The number of anilines is 2. The monoisotopic (exact) mass is 298 g/mol. The quantitative estimate of drug-likeness (QED) is 0.886. The molecule has 0 aromatic heterocycles. The molecule has 0 fully saturated rings. The van der Waals surface area contributed by atoms with E-state index in [9.17, 15) is 13.2 Å². The molecule has 1 N–H and O–H groups in total. The van der Waals surface area contributed by atoms with E-state index in [-0.39, 0.29) is 30.9 Å². The summed E-state index contributed by atoms with van der Waals surface area (Å²) in [6.07, 6.45) is -0.0258. The average molecular weight is 298 g/mol. The number of nitrogens with zero attached hydrogens (tertiary/aromatic N) is 1. The van der Waals surface area contributed by atoms with Crippen LogP contribution >= 0.6 is 0 Å². The molecular formula is C13H18N2O4S. The van der Waals surface area contributed by atoms with E-state index in [1.165, 1.54) is 0 Å². The van der Waals surface area contributed by atoms with Crippen molar-refractivity contribution in [2.45, 2.75) is 20.0 Å². The third kappa shape index (κ3) is 3.29. The molecule has 110 valence electrons. The van der Waals surface area contributed by atoms with Gasteiger partial charge in [0.1, 0.15) is 6.54 Å². The van der Waals surface area contributed by atoms with E-state index in [0.717, 1.165) is 4.31 Å². The number of hydrogen-bond acceptors (Lipinski definition) is 4. The van der Waals surface area contributed by atoms with Crippen molar-refractivity contribution in [1.29, 1.82) is 0 Å². The molecule has 0 radical (unpaired) electrons. The first-order chi connectivity index (χ1) is 9.40. The van der Waals surface area contributed by atoms with Crippen molar-refractivity contribution in [3.8, 4) is 0 Å². The molecular weight excluding hydrogens is 280 g/mol. The molecule has 1 aliphatic heterocycles. The lowest BCUT2D eigenvalue weighted by Crippen LogP contribution is -2.43. The van der Waals surface area contributed by atoms with Gasteiger partial charge in [0.15, 0.2) is 0 Å². The molecule has 0 unspecified atom stereocenters. The SMILES string of the molecule is CC(C)OCCS(=O)(=O)N1CC(=O)Nc2ccccc21. The molecule has 0 saturated heterocycles. The average Bonchev–Trinajstić information content (AvgIpc) is 2.37. The maximum absolute atomic E-state index is 12.3. The van der Waals surface area contributed by atoms with Crippen LogP contribution in [0.2, 0.25) is 0 Å². The number of fused-ring (bicyclic) bond motifs is 1. The third-order valence-corrected chi connectivity index (χ3v) is 4.54. The number of hydrogen-bond donors (Lipinski definition) is 1. The van der Waals surface area contributed by atoms with Gasteiger partial charge in [-0.3, -0.25) is 9.10 Å². The number of nitrogens with one attached hydrogen (secondary N) is 1. The lowest BCUT2D eigenvalue weighted by molar-refractivity contribution is -0.115. The smallest absolute Gasteiger partial charge is 0.245 e. The van der Waals surface area contributed by atoms with Gasteiger partial charge in [0, 0.05) is 0 Å². The van der Waals surface area contributed by atoms with Crippen LogP contribution in [0.15, 0.2) is 24.3 Å². The van der Waals surface area contributed by atoms with E-state index in [4.69, 9.17) is 4.74 Å². The van der Waals surface area contributed by atoms with Gasteiger partial charge >= 0.3 is 0 Å². The Morgan fingerprint density at radius 2 is 2.05 bits per heavy atom. The van der Waals surface area contributed by atoms with Gasteiger partial charge in [0.2, 0.25) is 15.9 Å². The molecule has 0 atom stereocenters. The zero-order valence-corrected chi connectivity index (χ0v) is 12.3. The summed E-state index contributed by atoms with van der Waals surface area (Å²) >= 11 is 0.